The van der Waals surface area contributed by atoms with Gasteiger partial charge in [0.25, 0.3) is 0 Å². The first-order valence-electron chi connectivity index (χ1n) is 11.6. The molecule has 3 aliphatic rings. The number of hydrogen-bond acceptors (Lipinski definition) is 12. The minimum atomic E-state index is -3.86. The number of anilines is 1. The van der Waals surface area contributed by atoms with Gasteiger partial charge in [-0.25, -0.2) is 19.0 Å². The standard InChI is InChI=1S/C22H27N6O7P/c1-21(2)33-18-16(11-31-36(29)30-9-6-15(34-36)13-4-7-24-8-5-13)32-17(22(18,3)35-21)14-10-25-20-19(23)26-12-27-28(14)20/h4-5,7-8,10,12,15-18H,6,9,11H2,1-3H3,(H2,23,26,27)/t15-,16+,17-,18+,22-,36+/m0/s1. The quantitative estimate of drug-likeness (QED) is 0.494. The molecule has 14 heteroatoms. The fraction of sp³-hybridized carbons (Fsp3) is 0.545. The van der Waals surface area contributed by atoms with Crippen molar-refractivity contribution in [3.63, 3.8) is 0 Å². The first kappa shape index (κ1) is 23.9. The van der Waals surface area contributed by atoms with Crippen molar-refractivity contribution in [1.29, 1.82) is 0 Å². The smallest absolute Gasteiger partial charge is 0.381 e. The number of nitrogens with zero attached hydrogens (tertiary/aromatic N) is 5. The van der Waals surface area contributed by atoms with E-state index < -0.39 is 43.6 Å². The Hall–Kier alpha value is -2.51. The van der Waals surface area contributed by atoms with Gasteiger partial charge in [-0.05, 0) is 38.5 Å². The van der Waals surface area contributed by atoms with Crippen LogP contribution in [0, 0.1) is 0 Å². The molecule has 3 saturated heterocycles. The van der Waals surface area contributed by atoms with Crippen LogP contribution in [0.25, 0.3) is 5.65 Å². The zero-order valence-corrected chi connectivity index (χ0v) is 20.9. The third-order valence-electron chi connectivity index (χ3n) is 6.60. The first-order valence-corrected chi connectivity index (χ1v) is 13.1. The number of aromatic nitrogens is 5. The summed E-state index contributed by atoms with van der Waals surface area (Å²) < 4.78 is 50.9. The molecule has 3 fully saturated rings. The molecule has 0 amide bonds. The predicted octanol–water partition coefficient (Wildman–Crippen LogP) is 2.75. The molecule has 0 spiro atoms. The molecular formula is C22H27N6O7P. The third kappa shape index (κ3) is 4.01. The lowest BCUT2D eigenvalue weighted by molar-refractivity contribution is -0.207. The molecule has 3 aromatic rings. The number of pyridine rings is 1. The molecular weight excluding hydrogens is 491 g/mol. The van der Waals surface area contributed by atoms with Crippen LogP contribution in [-0.2, 0) is 32.3 Å². The molecule has 3 aliphatic heterocycles. The van der Waals surface area contributed by atoms with Gasteiger partial charge in [0.15, 0.2) is 17.3 Å². The van der Waals surface area contributed by atoms with Crippen LogP contribution in [0.2, 0.25) is 0 Å². The summed E-state index contributed by atoms with van der Waals surface area (Å²) in [6.07, 6.45) is 4.58. The lowest BCUT2D eigenvalue weighted by Crippen LogP contribution is -2.41. The average molecular weight is 518 g/mol. The Labute approximate surface area is 206 Å². The van der Waals surface area contributed by atoms with E-state index in [0.717, 1.165) is 5.56 Å². The lowest BCUT2D eigenvalue weighted by atomic mass is 9.91. The van der Waals surface area contributed by atoms with Crippen LogP contribution in [0.4, 0.5) is 5.82 Å². The maximum absolute atomic E-state index is 13.3. The summed E-state index contributed by atoms with van der Waals surface area (Å²) in [6.45, 7) is 5.68. The Kier molecular flexibility index (Phi) is 5.65. The van der Waals surface area contributed by atoms with Crippen LogP contribution in [0.15, 0.2) is 37.1 Å². The predicted molar refractivity (Wildman–Crippen MR) is 123 cm³/mol. The van der Waals surface area contributed by atoms with Crippen molar-refractivity contribution in [2.24, 2.45) is 0 Å². The summed E-state index contributed by atoms with van der Waals surface area (Å²) >= 11 is 0. The number of hydrogen-bond donors (Lipinski definition) is 1. The molecule has 3 aromatic heterocycles. The van der Waals surface area contributed by atoms with E-state index in [1.54, 1.807) is 23.1 Å². The van der Waals surface area contributed by atoms with Gasteiger partial charge in [0.05, 0.1) is 31.2 Å². The summed E-state index contributed by atoms with van der Waals surface area (Å²) in [5.74, 6) is -0.642. The van der Waals surface area contributed by atoms with Gasteiger partial charge in [0.2, 0.25) is 0 Å². The number of imidazole rings is 1. The summed E-state index contributed by atoms with van der Waals surface area (Å²) in [5.41, 5.74) is 6.92. The Bertz CT molecular complexity index is 1320. The monoisotopic (exact) mass is 518 g/mol. The highest BCUT2D eigenvalue weighted by Crippen LogP contribution is 2.58. The lowest BCUT2D eigenvalue weighted by Gasteiger charge is -2.30. The first-order chi connectivity index (χ1) is 17.2. The fourth-order valence-electron chi connectivity index (χ4n) is 5.13. The maximum Gasteiger partial charge on any atom is 0.475 e. The highest BCUT2D eigenvalue weighted by molar-refractivity contribution is 7.48. The maximum atomic E-state index is 13.3. The molecule has 0 saturated carbocycles. The second-order valence-corrected chi connectivity index (χ2v) is 11.2. The molecule has 6 rings (SSSR count). The molecule has 0 aliphatic carbocycles. The highest BCUT2D eigenvalue weighted by atomic mass is 31.2. The van der Waals surface area contributed by atoms with E-state index in [0.29, 0.717) is 17.8 Å². The summed E-state index contributed by atoms with van der Waals surface area (Å²) in [6, 6.07) is 3.63. The van der Waals surface area contributed by atoms with Crippen LogP contribution < -0.4 is 5.73 Å². The van der Waals surface area contributed by atoms with E-state index >= 15 is 0 Å². The molecule has 13 nitrogen and oxygen atoms in total. The van der Waals surface area contributed by atoms with E-state index in [2.05, 4.69) is 20.1 Å². The number of fused-ring (bicyclic) bond motifs is 2. The van der Waals surface area contributed by atoms with Crippen LogP contribution >= 0.6 is 7.82 Å². The van der Waals surface area contributed by atoms with Gasteiger partial charge in [0, 0.05) is 18.8 Å². The van der Waals surface area contributed by atoms with Gasteiger partial charge < -0.3 is 19.9 Å². The van der Waals surface area contributed by atoms with Crippen molar-refractivity contribution in [3.8, 4) is 0 Å². The van der Waals surface area contributed by atoms with E-state index in [1.165, 1.54) is 6.33 Å². The average Bonchev–Trinajstić information content (AvgIpc) is 3.46. The van der Waals surface area contributed by atoms with Gasteiger partial charge in [-0.2, -0.15) is 5.10 Å². The Morgan fingerprint density at radius 1 is 1.25 bits per heavy atom. The molecule has 192 valence electrons. The molecule has 0 aromatic carbocycles. The van der Waals surface area contributed by atoms with Crippen molar-refractivity contribution >= 4 is 19.3 Å². The van der Waals surface area contributed by atoms with E-state index in [-0.39, 0.29) is 19.0 Å². The summed E-state index contributed by atoms with van der Waals surface area (Å²) in [5, 5.41) is 4.29. The van der Waals surface area contributed by atoms with Crippen molar-refractivity contribution < 1.29 is 32.3 Å². The number of phosphoric ester groups is 1. The van der Waals surface area contributed by atoms with Crippen LogP contribution in [0.5, 0.6) is 0 Å². The molecule has 0 unspecified atom stereocenters. The fourth-order valence-corrected chi connectivity index (χ4v) is 6.53. The molecule has 6 atom stereocenters. The minimum Gasteiger partial charge on any atom is -0.381 e. The summed E-state index contributed by atoms with van der Waals surface area (Å²) in [4.78, 5) is 12.4. The van der Waals surface area contributed by atoms with Gasteiger partial charge in [-0.15, -0.1) is 0 Å². The number of nitrogens with two attached hydrogens (primary N) is 1. The second kappa shape index (κ2) is 8.52. The zero-order valence-electron chi connectivity index (χ0n) is 20.0. The van der Waals surface area contributed by atoms with E-state index in [9.17, 15) is 4.57 Å². The SMILES string of the molecule is CC1(C)O[C@@H]2[C@@H](CO[P@@]3(=O)OCC[C@@H](c4ccncc4)O3)O[C@@H](c3cnc4c(N)ncnn34)[C@]2(C)O1. The summed E-state index contributed by atoms with van der Waals surface area (Å²) in [7, 11) is -3.86. The number of nitrogen functional groups attached to an aromatic ring is 1. The van der Waals surface area contributed by atoms with Crippen molar-refractivity contribution in [2.75, 3.05) is 18.9 Å². The normalized spacial score (nSPS) is 35.8. The van der Waals surface area contributed by atoms with Crippen molar-refractivity contribution in [1.82, 2.24) is 24.6 Å². The van der Waals surface area contributed by atoms with Gasteiger partial charge in [0.1, 0.15) is 30.2 Å². The Balaban J connectivity index is 1.25. The van der Waals surface area contributed by atoms with Crippen LogP contribution in [-0.4, -0.2) is 61.4 Å². The topological polar surface area (TPSA) is 154 Å². The van der Waals surface area contributed by atoms with E-state index in [4.69, 9.17) is 33.5 Å². The van der Waals surface area contributed by atoms with Crippen LogP contribution in [0.1, 0.15) is 50.7 Å². The Morgan fingerprint density at radius 3 is 2.86 bits per heavy atom. The molecule has 0 bridgehead atoms. The number of rotatable bonds is 5. The molecule has 6 heterocycles. The minimum absolute atomic E-state index is 0.107. The van der Waals surface area contributed by atoms with E-state index in [1.807, 2.05) is 32.9 Å². The highest BCUT2D eigenvalue weighted by Gasteiger charge is 2.64. The van der Waals surface area contributed by atoms with Crippen LogP contribution in [0.3, 0.4) is 0 Å². The third-order valence-corrected chi connectivity index (χ3v) is 8.07. The van der Waals surface area contributed by atoms with Gasteiger partial charge in [-0.1, -0.05) is 0 Å². The second-order valence-electron chi connectivity index (χ2n) is 9.58. The number of ether oxygens (including phenoxy) is 3. The number of phosphoric acid groups is 1. The van der Waals surface area contributed by atoms with Gasteiger partial charge >= 0.3 is 7.82 Å². The van der Waals surface area contributed by atoms with Crippen molar-refractivity contribution in [3.05, 3.63) is 48.3 Å². The molecule has 36 heavy (non-hydrogen) atoms. The van der Waals surface area contributed by atoms with Gasteiger partial charge in [-0.3, -0.25) is 18.6 Å². The molecule has 0 radical (unpaired) electrons. The zero-order chi connectivity index (χ0) is 25.1. The van der Waals surface area contributed by atoms with Crippen molar-refractivity contribution in [2.45, 2.75) is 63.0 Å². The largest absolute Gasteiger partial charge is 0.475 e. The Morgan fingerprint density at radius 2 is 2.06 bits per heavy atom. The molecule has 2 N–H and O–H groups in total.